The normalized spacial score (nSPS) is 11.2. The van der Waals surface area contributed by atoms with Crippen molar-refractivity contribution >= 4 is 17.5 Å². The maximum absolute atomic E-state index is 12.4. The van der Waals surface area contributed by atoms with Crippen LogP contribution in [0.3, 0.4) is 0 Å². The molecule has 0 saturated carbocycles. The molecule has 9 heteroatoms. The number of nitrogens with zero attached hydrogens (tertiary/aromatic N) is 6. The molecule has 29 heavy (non-hydrogen) atoms. The lowest BCUT2D eigenvalue weighted by atomic mass is 10.1. The van der Waals surface area contributed by atoms with Gasteiger partial charge < -0.3 is 5.73 Å². The number of nitrogens with two attached hydrogens (primary N) is 1. The molecule has 0 bridgehead atoms. The fourth-order valence-electron chi connectivity index (χ4n) is 3.06. The second-order valence-electron chi connectivity index (χ2n) is 6.75. The Bertz CT molecular complexity index is 1210. The topological polar surface area (TPSA) is 114 Å². The third-order valence-corrected chi connectivity index (χ3v) is 4.26. The largest absolute Gasteiger partial charge is 0.368 e. The van der Waals surface area contributed by atoms with Gasteiger partial charge in [0.05, 0.1) is 11.4 Å². The summed E-state index contributed by atoms with van der Waals surface area (Å²) >= 11 is 0. The van der Waals surface area contributed by atoms with E-state index < -0.39 is 0 Å². The van der Waals surface area contributed by atoms with Gasteiger partial charge in [0.25, 0.3) is 5.91 Å². The highest BCUT2D eigenvalue weighted by Gasteiger charge is 2.20. The number of hydrogen-bond acceptors (Lipinski definition) is 7. The molecule has 0 radical (unpaired) electrons. The van der Waals surface area contributed by atoms with Crippen LogP contribution in [0.4, 0.5) is 5.95 Å². The molecule has 4 aromatic heterocycles. The number of rotatable bonds is 4. The molecule has 0 aliphatic heterocycles. The minimum absolute atomic E-state index is 0.169. The van der Waals surface area contributed by atoms with Gasteiger partial charge >= 0.3 is 0 Å². The Morgan fingerprint density at radius 1 is 1.10 bits per heavy atom. The average molecular weight is 388 g/mol. The summed E-state index contributed by atoms with van der Waals surface area (Å²) in [4.78, 5) is 30.1. The van der Waals surface area contributed by atoms with E-state index in [0.717, 1.165) is 11.4 Å². The molecule has 4 heterocycles. The smallest absolute Gasteiger partial charge is 0.265 e. The standard InChI is InChI=1S/C20H20N8O/c1-12-5-4-6-14(23-12)17-18(15-7-9-22-20(21)24-15)28-10-8-13(11-16(28)25-17)19(29)26-27(2)3/h4-11H,1-3H3,(H,26,29)(H2,21,22,24). The Balaban J connectivity index is 1.94. The SMILES string of the molecule is Cc1cccc(-c2nc3cc(C(=O)NN(C)C)ccn3c2-c2ccnc(N)n2)n1. The van der Waals surface area contributed by atoms with Crippen molar-refractivity contribution in [1.82, 2.24) is 34.8 Å². The van der Waals surface area contributed by atoms with E-state index in [1.54, 1.807) is 49.7 Å². The zero-order chi connectivity index (χ0) is 20.5. The van der Waals surface area contributed by atoms with Gasteiger partial charge in [-0.05, 0) is 37.3 Å². The van der Waals surface area contributed by atoms with Gasteiger partial charge in [0, 0.05) is 37.7 Å². The number of aryl methyl sites for hydroxylation is 1. The molecular weight excluding hydrogens is 368 g/mol. The Morgan fingerprint density at radius 3 is 2.66 bits per heavy atom. The van der Waals surface area contributed by atoms with Gasteiger partial charge in [-0.2, -0.15) is 0 Å². The van der Waals surface area contributed by atoms with Crippen LogP contribution in [0, 0.1) is 6.92 Å². The fraction of sp³-hybridized carbons (Fsp3) is 0.150. The highest BCUT2D eigenvalue weighted by atomic mass is 16.2. The molecule has 0 atom stereocenters. The van der Waals surface area contributed by atoms with E-state index in [2.05, 4.69) is 20.4 Å². The van der Waals surface area contributed by atoms with Gasteiger partial charge in [0.15, 0.2) is 0 Å². The molecule has 0 unspecified atom stereocenters. The number of amides is 1. The van der Waals surface area contributed by atoms with Crippen LogP contribution in [0.1, 0.15) is 16.1 Å². The molecule has 4 rings (SSSR count). The van der Waals surface area contributed by atoms with Crippen molar-refractivity contribution in [2.75, 3.05) is 19.8 Å². The van der Waals surface area contributed by atoms with Crippen molar-refractivity contribution in [3.8, 4) is 22.8 Å². The Kier molecular flexibility index (Phi) is 4.65. The quantitative estimate of drug-likeness (QED) is 0.514. The van der Waals surface area contributed by atoms with E-state index in [1.165, 1.54) is 0 Å². The number of nitrogen functional groups attached to an aromatic ring is 1. The van der Waals surface area contributed by atoms with Crippen LogP contribution in [0.5, 0.6) is 0 Å². The first-order chi connectivity index (χ1) is 13.9. The molecule has 1 amide bonds. The molecule has 9 nitrogen and oxygen atoms in total. The summed E-state index contributed by atoms with van der Waals surface area (Å²) in [5.41, 5.74) is 13.2. The second kappa shape index (κ2) is 7.28. The summed E-state index contributed by atoms with van der Waals surface area (Å²) in [6, 6.07) is 11.0. The van der Waals surface area contributed by atoms with Crippen molar-refractivity contribution in [2.24, 2.45) is 0 Å². The van der Waals surface area contributed by atoms with Crippen LogP contribution >= 0.6 is 0 Å². The summed E-state index contributed by atoms with van der Waals surface area (Å²) in [7, 11) is 3.51. The van der Waals surface area contributed by atoms with Crippen LogP contribution in [0.2, 0.25) is 0 Å². The summed E-state index contributed by atoms with van der Waals surface area (Å²) < 4.78 is 1.87. The molecule has 4 aromatic rings. The number of anilines is 1. The van der Waals surface area contributed by atoms with Gasteiger partial charge in [-0.15, -0.1) is 0 Å². The number of hydrazine groups is 1. The number of nitrogens with one attached hydrogen (secondary N) is 1. The minimum Gasteiger partial charge on any atom is -0.368 e. The molecule has 0 aromatic carbocycles. The van der Waals surface area contributed by atoms with Crippen LogP contribution < -0.4 is 11.2 Å². The first-order valence-corrected chi connectivity index (χ1v) is 8.96. The van der Waals surface area contributed by atoms with E-state index in [9.17, 15) is 4.79 Å². The zero-order valence-electron chi connectivity index (χ0n) is 16.3. The Morgan fingerprint density at radius 2 is 1.93 bits per heavy atom. The Labute approximate surface area is 167 Å². The number of fused-ring (bicyclic) bond motifs is 1. The van der Waals surface area contributed by atoms with Crippen molar-refractivity contribution in [1.29, 1.82) is 0 Å². The van der Waals surface area contributed by atoms with Gasteiger partial charge in [0.1, 0.15) is 17.0 Å². The third kappa shape index (κ3) is 3.63. The van der Waals surface area contributed by atoms with Gasteiger partial charge in [0.2, 0.25) is 5.95 Å². The molecular formula is C20H20N8O. The first-order valence-electron chi connectivity index (χ1n) is 8.96. The highest BCUT2D eigenvalue weighted by Crippen LogP contribution is 2.31. The Hall–Kier alpha value is -3.85. The van der Waals surface area contributed by atoms with Crippen molar-refractivity contribution in [3.05, 3.63) is 60.0 Å². The fourth-order valence-corrected chi connectivity index (χ4v) is 3.06. The monoisotopic (exact) mass is 388 g/mol. The lowest BCUT2D eigenvalue weighted by Gasteiger charge is -2.11. The van der Waals surface area contributed by atoms with Crippen LogP contribution in [0.15, 0.2) is 48.8 Å². The summed E-state index contributed by atoms with van der Waals surface area (Å²) in [6.45, 7) is 1.92. The number of carbonyl (C=O) groups excluding carboxylic acids is 1. The lowest BCUT2D eigenvalue weighted by molar-refractivity contribution is 0.0857. The number of carbonyl (C=O) groups is 1. The van der Waals surface area contributed by atoms with Crippen LogP contribution in [-0.4, -0.2) is 49.3 Å². The predicted molar refractivity (Wildman–Crippen MR) is 110 cm³/mol. The minimum atomic E-state index is -0.219. The van der Waals surface area contributed by atoms with E-state index in [0.29, 0.717) is 28.3 Å². The average Bonchev–Trinajstić information content (AvgIpc) is 3.06. The molecule has 146 valence electrons. The maximum Gasteiger partial charge on any atom is 0.265 e. The van der Waals surface area contributed by atoms with Crippen LogP contribution in [0.25, 0.3) is 28.4 Å². The molecule has 0 aliphatic rings. The number of aromatic nitrogens is 5. The van der Waals surface area contributed by atoms with Gasteiger partial charge in [-0.25, -0.2) is 20.0 Å². The van der Waals surface area contributed by atoms with Crippen molar-refractivity contribution < 1.29 is 4.79 Å². The summed E-state index contributed by atoms with van der Waals surface area (Å²) in [5.74, 6) is -0.0499. The zero-order valence-corrected chi connectivity index (χ0v) is 16.3. The molecule has 0 fully saturated rings. The van der Waals surface area contributed by atoms with E-state index in [1.807, 2.05) is 29.5 Å². The molecule has 0 aliphatic carbocycles. The number of imidazole rings is 1. The lowest BCUT2D eigenvalue weighted by Crippen LogP contribution is -2.36. The van der Waals surface area contributed by atoms with E-state index in [-0.39, 0.29) is 11.9 Å². The van der Waals surface area contributed by atoms with Crippen LogP contribution in [-0.2, 0) is 0 Å². The van der Waals surface area contributed by atoms with E-state index >= 15 is 0 Å². The molecule has 0 spiro atoms. The third-order valence-electron chi connectivity index (χ3n) is 4.26. The highest BCUT2D eigenvalue weighted by molar-refractivity contribution is 5.95. The number of pyridine rings is 2. The first kappa shape index (κ1) is 18.5. The second-order valence-corrected chi connectivity index (χ2v) is 6.75. The van der Waals surface area contributed by atoms with Crippen molar-refractivity contribution in [2.45, 2.75) is 6.92 Å². The number of hydrogen-bond donors (Lipinski definition) is 2. The van der Waals surface area contributed by atoms with E-state index in [4.69, 9.17) is 10.7 Å². The molecule has 3 N–H and O–H groups in total. The summed E-state index contributed by atoms with van der Waals surface area (Å²) in [6.07, 6.45) is 3.39. The van der Waals surface area contributed by atoms with Crippen molar-refractivity contribution in [3.63, 3.8) is 0 Å². The predicted octanol–water partition coefficient (Wildman–Crippen LogP) is 1.95. The molecule has 0 saturated heterocycles. The maximum atomic E-state index is 12.4. The van der Waals surface area contributed by atoms with Gasteiger partial charge in [-0.3, -0.25) is 19.6 Å². The summed E-state index contributed by atoms with van der Waals surface area (Å²) in [5, 5.41) is 1.59. The van der Waals surface area contributed by atoms with Gasteiger partial charge in [-0.1, -0.05) is 6.07 Å².